The van der Waals surface area contributed by atoms with E-state index in [1.54, 1.807) is 6.92 Å². The molecule has 0 atom stereocenters. The summed E-state index contributed by atoms with van der Waals surface area (Å²) in [6, 6.07) is 0. The van der Waals surface area contributed by atoms with Crippen LogP contribution in [0.5, 0.6) is 0 Å². The number of nitrogens with one attached hydrogen (secondary N) is 1. The van der Waals surface area contributed by atoms with Crippen LogP contribution in [-0.4, -0.2) is 18.3 Å². The Hall–Kier alpha value is -0.570. The van der Waals surface area contributed by atoms with Crippen LogP contribution in [0.1, 0.15) is 20.3 Å². The Morgan fingerprint density at radius 3 is 2.40 bits per heavy atom. The summed E-state index contributed by atoms with van der Waals surface area (Å²) in [5, 5.41) is 6.98. The van der Waals surface area contributed by atoms with E-state index in [1.807, 2.05) is 0 Å². The third-order valence-corrected chi connectivity index (χ3v) is 0.728. The number of hydrogen-bond donors (Lipinski definition) is 1. The van der Waals surface area contributed by atoms with E-state index in [0.717, 1.165) is 0 Å². The zero-order valence-electron chi connectivity index (χ0n) is 6.14. The quantitative estimate of drug-likeness (QED) is 0.508. The summed E-state index contributed by atoms with van der Waals surface area (Å²) < 4.78 is 4.72. The molecule has 4 heteroatoms. The van der Waals surface area contributed by atoms with Gasteiger partial charge >= 0.3 is 0 Å². The van der Waals surface area contributed by atoms with Crippen LogP contribution in [-0.2, 0) is 9.53 Å². The molecule has 10 heavy (non-hydrogen) atoms. The lowest BCUT2D eigenvalue weighted by molar-refractivity contribution is -0.116. The highest BCUT2D eigenvalue weighted by molar-refractivity contribution is 5.95. The molecule has 0 fully saturated rings. The number of ether oxygens (including phenoxy) is 1. The molecule has 0 aromatic rings. The monoisotopic (exact) mass is 165 g/mol. The first kappa shape index (κ1) is 12.1. The van der Waals surface area contributed by atoms with Crippen LogP contribution in [0.4, 0.5) is 0 Å². The molecule has 60 valence electrons. The van der Waals surface area contributed by atoms with Crippen molar-refractivity contribution in [3.8, 4) is 0 Å². The highest BCUT2D eigenvalue weighted by Crippen LogP contribution is 1.86. The third-order valence-electron chi connectivity index (χ3n) is 0.728. The van der Waals surface area contributed by atoms with Crippen molar-refractivity contribution in [2.75, 3.05) is 6.61 Å². The Labute approximate surface area is 66.7 Å². The molecule has 1 N–H and O–H groups in total. The van der Waals surface area contributed by atoms with Crippen LogP contribution in [0, 0.1) is 5.41 Å². The van der Waals surface area contributed by atoms with Crippen molar-refractivity contribution in [1.29, 1.82) is 5.41 Å². The smallest absolute Gasteiger partial charge is 0.187 e. The lowest BCUT2D eigenvalue weighted by Crippen LogP contribution is -2.07. The number of Topliss-reactive ketones (excluding diaryl/α,β-unsaturated/α-hetero) is 1. The molecule has 0 aliphatic carbocycles. The van der Waals surface area contributed by atoms with Gasteiger partial charge in [-0.1, -0.05) is 0 Å². The number of halogens is 1. The van der Waals surface area contributed by atoms with Gasteiger partial charge < -0.3 is 4.74 Å². The molecule has 0 saturated heterocycles. The Kier molecular flexibility index (Phi) is 7.95. The van der Waals surface area contributed by atoms with Gasteiger partial charge in [0.25, 0.3) is 0 Å². The zero-order valence-corrected chi connectivity index (χ0v) is 6.96. The zero-order chi connectivity index (χ0) is 7.28. The van der Waals surface area contributed by atoms with E-state index in [9.17, 15) is 4.79 Å². The van der Waals surface area contributed by atoms with Crippen molar-refractivity contribution in [3.63, 3.8) is 0 Å². The van der Waals surface area contributed by atoms with Gasteiger partial charge in [0.15, 0.2) is 5.90 Å². The Balaban J connectivity index is 0. The number of rotatable bonds is 3. The second-order valence-electron chi connectivity index (χ2n) is 1.73. The van der Waals surface area contributed by atoms with Crippen LogP contribution in [0.2, 0.25) is 0 Å². The van der Waals surface area contributed by atoms with Crippen molar-refractivity contribution in [2.45, 2.75) is 20.3 Å². The molecular formula is C6H12ClNO2. The lowest BCUT2D eigenvalue weighted by atomic mass is 10.3. The molecule has 0 heterocycles. The van der Waals surface area contributed by atoms with Crippen molar-refractivity contribution in [3.05, 3.63) is 0 Å². The first-order valence-corrected chi connectivity index (χ1v) is 2.86. The summed E-state index contributed by atoms with van der Waals surface area (Å²) in [5.41, 5.74) is 0. The highest BCUT2D eigenvalue weighted by atomic mass is 35.5. The summed E-state index contributed by atoms with van der Waals surface area (Å²) in [4.78, 5) is 10.3. The molecule has 0 rings (SSSR count). The molecule has 0 radical (unpaired) electrons. The molecule has 0 spiro atoms. The fourth-order valence-electron chi connectivity index (χ4n) is 0.451. The predicted molar refractivity (Wildman–Crippen MR) is 41.9 cm³/mol. The van der Waals surface area contributed by atoms with Gasteiger partial charge in [-0.3, -0.25) is 10.2 Å². The van der Waals surface area contributed by atoms with Crippen molar-refractivity contribution in [1.82, 2.24) is 0 Å². The topological polar surface area (TPSA) is 50.1 Å². The molecule has 0 aliphatic heterocycles. The first-order chi connectivity index (χ1) is 4.16. The van der Waals surface area contributed by atoms with E-state index in [0.29, 0.717) is 6.61 Å². The number of hydrogen-bond acceptors (Lipinski definition) is 3. The normalized spacial score (nSPS) is 7.80. The van der Waals surface area contributed by atoms with Gasteiger partial charge in [-0.25, -0.2) is 0 Å². The minimum absolute atomic E-state index is 0. The van der Waals surface area contributed by atoms with E-state index in [1.165, 1.54) is 6.92 Å². The van der Waals surface area contributed by atoms with E-state index in [-0.39, 0.29) is 30.5 Å². The number of ketones is 1. The molecule has 3 nitrogen and oxygen atoms in total. The maximum absolute atomic E-state index is 10.3. The maximum Gasteiger partial charge on any atom is 0.187 e. The van der Waals surface area contributed by atoms with Crippen LogP contribution in [0.15, 0.2) is 0 Å². The van der Waals surface area contributed by atoms with E-state index < -0.39 is 0 Å². The lowest BCUT2D eigenvalue weighted by Gasteiger charge is -1.99. The van der Waals surface area contributed by atoms with Crippen molar-refractivity contribution < 1.29 is 9.53 Å². The molecule has 0 amide bonds. The fraction of sp³-hybridized carbons (Fsp3) is 0.667. The van der Waals surface area contributed by atoms with Crippen molar-refractivity contribution in [2.24, 2.45) is 0 Å². The van der Waals surface area contributed by atoms with Gasteiger partial charge in [0.05, 0.1) is 13.0 Å². The van der Waals surface area contributed by atoms with E-state index in [4.69, 9.17) is 10.1 Å². The second kappa shape index (κ2) is 6.55. The molecule has 0 unspecified atom stereocenters. The van der Waals surface area contributed by atoms with Gasteiger partial charge in [-0.2, -0.15) is 0 Å². The van der Waals surface area contributed by atoms with Crippen LogP contribution in [0.3, 0.4) is 0 Å². The largest absolute Gasteiger partial charge is 0.481 e. The van der Waals surface area contributed by atoms with Crippen LogP contribution < -0.4 is 0 Å². The van der Waals surface area contributed by atoms with E-state index >= 15 is 0 Å². The van der Waals surface area contributed by atoms with Crippen LogP contribution >= 0.6 is 12.4 Å². The SMILES string of the molecule is CCOC(=N)CC(C)=O.Cl. The third kappa shape index (κ3) is 7.43. The van der Waals surface area contributed by atoms with Crippen LogP contribution in [0.25, 0.3) is 0 Å². The summed E-state index contributed by atoms with van der Waals surface area (Å²) in [5.74, 6) is 0.0263. The Bertz CT molecular complexity index is 125. The molecular weight excluding hydrogens is 154 g/mol. The van der Waals surface area contributed by atoms with E-state index in [2.05, 4.69) is 0 Å². The Morgan fingerprint density at radius 2 is 2.10 bits per heavy atom. The second-order valence-corrected chi connectivity index (χ2v) is 1.73. The Morgan fingerprint density at radius 1 is 1.60 bits per heavy atom. The predicted octanol–water partition coefficient (Wildman–Crippen LogP) is 1.40. The molecule has 0 aromatic carbocycles. The minimum Gasteiger partial charge on any atom is -0.481 e. The molecule has 0 aliphatic rings. The first-order valence-electron chi connectivity index (χ1n) is 2.86. The summed E-state index contributed by atoms with van der Waals surface area (Å²) in [7, 11) is 0. The average Bonchev–Trinajstić information content (AvgIpc) is 1.63. The summed E-state index contributed by atoms with van der Waals surface area (Å²) in [6.07, 6.45) is 0.119. The molecule has 0 saturated carbocycles. The standard InChI is InChI=1S/C6H11NO2.ClH/c1-3-9-6(7)4-5(2)8;/h7H,3-4H2,1-2H3;1H. The summed E-state index contributed by atoms with van der Waals surface area (Å²) >= 11 is 0. The average molecular weight is 166 g/mol. The summed E-state index contributed by atoms with van der Waals surface area (Å²) in [6.45, 7) is 3.69. The number of carbonyl (C=O) groups excluding carboxylic acids is 1. The molecule has 0 bridgehead atoms. The van der Waals surface area contributed by atoms with Gasteiger partial charge in [0.2, 0.25) is 0 Å². The molecule has 0 aromatic heterocycles. The van der Waals surface area contributed by atoms with Crippen molar-refractivity contribution >= 4 is 24.1 Å². The van der Waals surface area contributed by atoms with Gasteiger partial charge in [-0.15, -0.1) is 12.4 Å². The van der Waals surface area contributed by atoms with Gasteiger partial charge in [0, 0.05) is 0 Å². The minimum atomic E-state index is -0.0338. The fourth-order valence-corrected chi connectivity index (χ4v) is 0.451. The maximum atomic E-state index is 10.3. The highest BCUT2D eigenvalue weighted by Gasteiger charge is 1.98. The van der Waals surface area contributed by atoms with Gasteiger partial charge in [-0.05, 0) is 13.8 Å². The van der Waals surface area contributed by atoms with Gasteiger partial charge in [0.1, 0.15) is 5.78 Å². The number of carbonyl (C=O) groups is 1.